The van der Waals surface area contributed by atoms with Crippen molar-refractivity contribution in [2.45, 2.75) is 19.8 Å². The molecular weight excluding hydrogens is 150 g/mol. The van der Waals surface area contributed by atoms with Gasteiger partial charge in [-0.25, -0.2) is 0 Å². The van der Waals surface area contributed by atoms with E-state index in [1.165, 1.54) is 0 Å². The van der Waals surface area contributed by atoms with E-state index in [0.29, 0.717) is 5.69 Å². The van der Waals surface area contributed by atoms with Crippen LogP contribution in [0.25, 0.3) is 0 Å². The molecule has 1 unspecified atom stereocenters. The van der Waals surface area contributed by atoms with Gasteiger partial charge in [0, 0.05) is 11.6 Å². The first kappa shape index (κ1) is 8.78. The van der Waals surface area contributed by atoms with E-state index in [4.69, 9.17) is 5.73 Å². The van der Waals surface area contributed by atoms with E-state index in [0.717, 1.165) is 17.4 Å². The number of aldehydes is 1. The van der Waals surface area contributed by atoms with Gasteiger partial charge in [-0.05, 0) is 24.1 Å². The lowest BCUT2D eigenvalue weighted by Crippen LogP contribution is -2.02. The van der Waals surface area contributed by atoms with Crippen molar-refractivity contribution < 1.29 is 4.79 Å². The Morgan fingerprint density at radius 3 is 2.67 bits per heavy atom. The summed E-state index contributed by atoms with van der Waals surface area (Å²) in [4.78, 5) is 10.6. The molecule has 0 saturated carbocycles. The highest BCUT2D eigenvalue weighted by atomic mass is 16.1. The lowest BCUT2D eigenvalue weighted by Gasteiger charge is -2.10. The van der Waals surface area contributed by atoms with Gasteiger partial charge in [-0.15, -0.1) is 0 Å². The molecule has 0 fully saturated rings. The van der Waals surface area contributed by atoms with Crippen LogP contribution in [0, 0.1) is 6.92 Å². The minimum absolute atomic E-state index is 0.105. The summed E-state index contributed by atoms with van der Waals surface area (Å²) in [7, 11) is 0. The van der Waals surface area contributed by atoms with Gasteiger partial charge in [-0.3, -0.25) is 0 Å². The second-order valence-corrected chi connectivity index (χ2v) is 3.00. The molecule has 0 amide bonds. The van der Waals surface area contributed by atoms with Gasteiger partial charge in [0.2, 0.25) is 0 Å². The molecule has 1 rings (SSSR count). The van der Waals surface area contributed by atoms with Gasteiger partial charge >= 0.3 is 0 Å². The molecule has 1 atom stereocenters. The topological polar surface area (TPSA) is 43.1 Å². The van der Waals surface area contributed by atoms with Gasteiger partial charge in [-0.2, -0.15) is 0 Å². The molecule has 0 aliphatic rings. The Labute approximate surface area is 72.4 Å². The lowest BCUT2D eigenvalue weighted by molar-refractivity contribution is -0.108. The Morgan fingerprint density at radius 1 is 1.50 bits per heavy atom. The second-order valence-electron chi connectivity index (χ2n) is 3.00. The van der Waals surface area contributed by atoms with Gasteiger partial charge in [0.25, 0.3) is 0 Å². The van der Waals surface area contributed by atoms with Gasteiger partial charge < -0.3 is 10.5 Å². The molecule has 0 radical (unpaired) electrons. The number of carbonyl (C=O) groups is 1. The number of hydrogen-bond donors (Lipinski definition) is 1. The van der Waals surface area contributed by atoms with Crippen LogP contribution in [-0.4, -0.2) is 6.29 Å². The predicted molar refractivity (Wildman–Crippen MR) is 50.1 cm³/mol. The number of rotatable bonds is 2. The molecule has 64 valence electrons. The minimum atomic E-state index is -0.105. The van der Waals surface area contributed by atoms with Crippen molar-refractivity contribution in [1.82, 2.24) is 0 Å². The van der Waals surface area contributed by atoms with Crippen LogP contribution in [0.15, 0.2) is 18.2 Å². The van der Waals surface area contributed by atoms with Crippen LogP contribution < -0.4 is 5.73 Å². The third-order valence-electron chi connectivity index (χ3n) is 2.02. The van der Waals surface area contributed by atoms with Gasteiger partial charge in [0.05, 0.1) is 0 Å². The van der Waals surface area contributed by atoms with E-state index in [1.54, 1.807) is 0 Å². The molecule has 0 aliphatic carbocycles. The first-order chi connectivity index (χ1) is 5.66. The minimum Gasteiger partial charge on any atom is -0.398 e. The maximum atomic E-state index is 10.6. The van der Waals surface area contributed by atoms with E-state index < -0.39 is 0 Å². The van der Waals surface area contributed by atoms with Crippen molar-refractivity contribution in [3.05, 3.63) is 29.3 Å². The third kappa shape index (κ3) is 1.47. The lowest BCUT2D eigenvalue weighted by atomic mass is 9.96. The molecule has 12 heavy (non-hydrogen) atoms. The highest BCUT2D eigenvalue weighted by Crippen LogP contribution is 2.23. The molecule has 0 saturated heterocycles. The van der Waals surface area contributed by atoms with Crippen LogP contribution in [0.5, 0.6) is 0 Å². The Morgan fingerprint density at radius 2 is 2.17 bits per heavy atom. The number of aryl methyl sites for hydroxylation is 1. The summed E-state index contributed by atoms with van der Waals surface area (Å²) in [6.45, 7) is 3.82. The van der Waals surface area contributed by atoms with Crippen LogP contribution in [0.3, 0.4) is 0 Å². The molecule has 2 N–H and O–H groups in total. The summed E-state index contributed by atoms with van der Waals surface area (Å²) in [5.74, 6) is -0.105. The Bertz CT molecular complexity index is 274. The maximum Gasteiger partial charge on any atom is 0.127 e. The quantitative estimate of drug-likeness (QED) is 0.534. The highest BCUT2D eigenvalue weighted by Gasteiger charge is 2.09. The zero-order chi connectivity index (χ0) is 9.14. The number of nitrogens with two attached hydrogens (primary N) is 1. The van der Waals surface area contributed by atoms with E-state index in [-0.39, 0.29) is 5.92 Å². The number of anilines is 1. The molecule has 0 heterocycles. The van der Waals surface area contributed by atoms with Gasteiger partial charge in [0.15, 0.2) is 0 Å². The highest BCUT2D eigenvalue weighted by molar-refractivity contribution is 5.68. The zero-order valence-electron chi connectivity index (χ0n) is 7.37. The van der Waals surface area contributed by atoms with Crippen molar-refractivity contribution in [3.8, 4) is 0 Å². The van der Waals surface area contributed by atoms with Crippen molar-refractivity contribution >= 4 is 12.0 Å². The van der Waals surface area contributed by atoms with Crippen molar-refractivity contribution in [3.63, 3.8) is 0 Å². The largest absolute Gasteiger partial charge is 0.398 e. The number of carbonyl (C=O) groups excluding carboxylic acids is 1. The smallest absolute Gasteiger partial charge is 0.127 e. The van der Waals surface area contributed by atoms with Crippen LogP contribution in [0.2, 0.25) is 0 Å². The summed E-state index contributed by atoms with van der Waals surface area (Å²) in [5, 5.41) is 0. The first-order valence-electron chi connectivity index (χ1n) is 3.97. The normalized spacial score (nSPS) is 12.5. The second kappa shape index (κ2) is 3.39. The molecular formula is C10H13NO. The van der Waals surface area contributed by atoms with Gasteiger partial charge in [-0.1, -0.05) is 19.1 Å². The van der Waals surface area contributed by atoms with Crippen LogP contribution in [-0.2, 0) is 4.79 Å². The van der Waals surface area contributed by atoms with E-state index >= 15 is 0 Å². The SMILES string of the molecule is Cc1cccc(N)c1C(C)C=O. The molecule has 2 heteroatoms. The molecule has 0 spiro atoms. The molecule has 0 aliphatic heterocycles. The first-order valence-corrected chi connectivity index (χ1v) is 3.97. The summed E-state index contributed by atoms with van der Waals surface area (Å²) in [6, 6.07) is 5.68. The average molecular weight is 163 g/mol. The van der Waals surface area contributed by atoms with Gasteiger partial charge in [0.1, 0.15) is 6.29 Å². The van der Waals surface area contributed by atoms with Crippen LogP contribution in [0.4, 0.5) is 5.69 Å². The van der Waals surface area contributed by atoms with Crippen molar-refractivity contribution in [2.75, 3.05) is 5.73 Å². The molecule has 0 bridgehead atoms. The zero-order valence-corrected chi connectivity index (χ0v) is 7.37. The average Bonchev–Trinajstić information content (AvgIpc) is 2.03. The van der Waals surface area contributed by atoms with Crippen LogP contribution in [0.1, 0.15) is 24.0 Å². The fraction of sp³-hybridized carbons (Fsp3) is 0.300. The number of hydrogen-bond acceptors (Lipinski definition) is 2. The van der Waals surface area contributed by atoms with E-state index in [9.17, 15) is 4.79 Å². The number of benzene rings is 1. The van der Waals surface area contributed by atoms with Crippen molar-refractivity contribution in [1.29, 1.82) is 0 Å². The molecule has 1 aromatic rings. The summed E-state index contributed by atoms with van der Waals surface area (Å²) in [6.07, 6.45) is 0.915. The third-order valence-corrected chi connectivity index (χ3v) is 2.02. The fourth-order valence-corrected chi connectivity index (χ4v) is 1.39. The summed E-state index contributed by atoms with van der Waals surface area (Å²) in [5.41, 5.74) is 8.47. The molecule has 0 aromatic heterocycles. The van der Waals surface area contributed by atoms with E-state index in [2.05, 4.69) is 0 Å². The number of nitrogen functional groups attached to an aromatic ring is 1. The monoisotopic (exact) mass is 163 g/mol. The Kier molecular flexibility index (Phi) is 2.48. The van der Waals surface area contributed by atoms with Crippen molar-refractivity contribution in [2.24, 2.45) is 0 Å². The summed E-state index contributed by atoms with van der Waals surface area (Å²) >= 11 is 0. The summed E-state index contributed by atoms with van der Waals surface area (Å²) < 4.78 is 0. The maximum absolute atomic E-state index is 10.6. The molecule has 2 nitrogen and oxygen atoms in total. The Balaban J connectivity index is 3.20. The standard InChI is InChI=1S/C10H13NO/c1-7-4-3-5-9(11)10(7)8(2)6-12/h3-6,8H,11H2,1-2H3. The predicted octanol–water partition coefficient (Wildman–Crippen LogP) is 1.88. The van der Waals surface area contributed by atoms with Crippen LogP contribution >= 0.6 is 0 Å². The fourth-order valence-electron chi connectivity index (χ4n) is 1.39. The molecule has 1 aromatic carbocycles. The van der Waals surface area contributed by atoms with E-state index in [1.807, 2.05) is 32.0 Å². The Hall–Kier alpha value is -1.31.